The average Bonchev–Trinajstić information content (AvgIpc) is 3.19. The maximum absolute atomic E-state index is 12.7. The van der Waals surface area contributed by atoms with Gasteiger partial charge in [-0.25, -0.2) is 4.79 Å². The van der Waals surface area contributed by atoms with Gasteiger partial charge in [-0.05, 0) is 45.6 Å². The van der Waals surface area contributed by atoms with Crippen molar-refractivity contribution in [2.24, 2.45) is 5.92 Å². The highest BCUT2D eigenvalue weighted by Crippen LogP contribution is 2.31. The van der Waals surface area contributed by atoms with Gasteiger partial charge in [-0.2, -0.15) is 5.10 Å². The summed E-state index contributed by atoms with van der Waals surface area (Å²) in [6.07, 6.45) is 2.71. The van der Waals surface area contributed by atoms with Crippen molar-refractivity contribution in [2.45, 2.75) is 52.3 Å². The Kier molecular flexibility index (Phi) is 6.76. The molecule has 1 atom stereocenters. The van der Waals surface area contributed by atoms with Gasteiger partial charge in [-0.15, -0.1) is 11.3 Å². The molecule has 0 aromatic carbocycles. The molecule has 1 unspecified atom stereocenters. The predicted octanol–water partition coefficient (Wildman–Crippen LogP) is 4.27. The van der Waals surface area contributed by atoms with E-state index in [1.165, 1.54) is 11.3 Å². The molecule has 0 bridgehead atoms. The molecule has 10 heteroatoms. The average molecular weight is 459 g/mol. The Morgan fingerprint density at radius 3 is 2.76 bits per heavy atom. The van der Waals surface area contributed by atoms with Crippen molar-refractivity contribution in [3.05, 3.63) is 37.8 Å². The highest BCUT2D eigenvalue weighted by atomic mass is 35.5. The van der Waals surface area contributed by atoms with Gasteiger partial charge in [0.1, 0.15) is 9.94 Å². The normalized spacial score (nSPS) is 16.2. The Labute approximate surface area is 183 Å². The molecule has 29 heavy (non-hydrogen) atoms. The van der Waals surface area contributed by atoms with Crippen molar-refractivity contribution in [3.63, 3.8) is 0 Å². The zero-order chi connectivity index (χ0) is 21.2. The second-order valence-electron chi connectivity index (χ2n) is 7.99. The number of rotatable bonds is 5. The lowest BCUT2D eigenvalue weighted by Crippen LogP contribution is -2.37. The number of ether oxygens (including phenoxy) is 1. The molecule has 7 nitrogen and oxygen atoms in total. The second-order valence-corrected chi connectivity index (χ2v) is 10.1. The van der Waals surface area contributed by atoms with Crippen molar-refractivity contribution in [1.29, 1.82) is 0 Å². The number of carbonyl (C=O) groups is 2. The second kappa shape index (κ2) is 8.93. The SMILES string of the molecule is CC(C)(C)OC(=O)NCC1CCn2ncc(C(=O)NCc3cc(Cl)c(Cl)s3)c2C1. The summed E-state index contributed by atoms with van der Waals surface area (Å²) in [5, 5.41) is 10.5. The van der Waals surface area contributed by atoms with Crippen LogP contribution in [0.3, 0.4) is 0 Å². The van der Waals surface area contributed by atoms with Crippen molar-refractivity contribution >= 4 is 46.5 Å². The highest BCUT2D eigenvalue weighted by molar-refractivity contribution is 7.16. The molecule has 0 aliphatic carbocycles. The highest BCUT2D eigenvalue weighted by Gasteiger charge is 2.26. The van der Waals surface area contributed by atoms with E-state index in [0.717, 1.165) is 17.0 Å². The largest absolute Gasteiger partial charge is 0.444 e. The van der Waals surface area contributed by atoms with Crippen LogP contribution in [0, 0.1) is 5.92 Å². The molecule has 0 fully saturated rings. The molecule has 2 amide bonds. The van der Waals surface area contributed by atoms with Crippen LogP contribution in [0.15, 0.2) is 12.3 Å². The molecule has 0 spiro atoms. The molecular formula is C19H24Cl2N4O3S. The number of nitrogens with one attached hydrogen (secondary N) is 2. The zero-order valence-electron chi connectivity index (χ0n) is 16.6. The summed E-state index contributed by atoms with van der Waals surface area (Å²) >= 11 is 13.3. The van der Waals surface area contributed by atoms with E-state index in [0.29, 0.717) is 41.0 Å². The number of thiophene rings is 1. The van der Waals surface area contributed by atoms with E-state index in [1.807, 2.05) is 25.5 Å². The fourth-order valence-electron chi connectivity index (χ4n) is 3.15. The third-order valence-corrected chi connectivity index (χ3v) is 6.34. The van der Waals surface area contributed by atoms with Crippen LogP contribution in [0.1, 0.15) is 48.1 Å². The van der Waals surface area contributed by atoms with E-state index in [9.17, 15) is 9.59 Å². The lowest BCUT2D eigenvalue weighted by Gasteiger charge is -2.25. The third-order valence-electron chi connectivity index (χ3n) is 4.48. The maximum atomic E-state index is 12.7. The Morgan fingerprint density at radius 1 is 1.34 bits per heavy atom. The minimum Gasteiger partial charge on any atom is -0.444 e. The van der Waals surface area contributed by atoms with E-state index >= 15 is 0 Å². The van der Waals surface area contributed by atoms with Gasteiger partial charge < -0.3 is 15.4 Å². The first-order valence-electron chi connectivity index (χ1n) is 9.36. The van der Waals surface area contributed by atoms with Gasteiger partial charge in [0.05, 0.1) is 29.0 Å². The monoisotopic (exact) mass is 458 g/mol. The van der Waals surface area contributed by atoms with Crippen molar-refractivity contribution < 1.29 is 14.3 Å². The Bertz CT molecular complexity index is 884. The number of carbonyl (C=O) groups excluding carboxylic acids is 2. The maximum Gasteiger partial charge on any atom is 0.407 e. The van der Waals surface area contributed by atoms with Crippen molar-refractivity contribution in [3.8, 4) is 0 Å². The number of hydrogen-bond donors (Lipinski definition) is 2. The lowest BCUT2D eigenvalue weighted by atomic mass is 9.94. The summed E-state index contributed by atoms with van der Waals surface area (Å²) in [5.41, 5.74) is 0.907. The van der Waals surface area contributed by atoms with Gasteiger partial charge >= 0.3 is 6.09 Å². The summed E-state index contributed by atoms with van der Waals surface area (Å²) in [4.78, 5) is 25.4. The zero-order valence-corrected chi connectivity index (χ0v) is 18.9. The number of aryl methyl sites for hydroxylation is 1. The van der Waals surface area contributed by atoms with Crippen LogP contribution in [-0.2, 0) is 24.2 Å². The van der Waals surface area contributed by atoms with E-state index in [1.54, 1.807) is 12.3 Å². The fraction of sp³-hybridized carbons (Fsp3) is 0.526. The molecule has 1 aliphatic heterocycles. The number of hydrogen-bond acceptors (Lipinski definition) is 5. The summed E-state index contributed by atoms with van der Waals surface area (Å²) in [6, 6.07) is 1.75. The number of fused-ring (bicyclic) bond motifs is 1. The van der Waals surface area contributed by atoms with Gasteiger partial charge in [-0.1, -0.05) is 23.2 Å². The molecule has 2 N–H and O–H groups in total. The standard InChI is InChI=1S/C19H24Cl2N4O3S/c1-19(2,3)28-18(27)23-8-11-4-5-25-15(6-11)13(10-24-25)17(26)22-9-12-7-14(20)16(21)29-12/h7,10-11H,4-6,8-9H2,1-3H3,(H,22,26)(H,23,27). The molecule has 0 saturated heterocycles. The smallest absolute Gasteiger partial charge is 0.407 e. The molecule has 2 aromatic heterocycles. The molecule has 0 saturated carbocycles. The van der Waals surface area contributed by atoms with Crippen molar-refractivity contribution in [1.82, 2.24) is 20.4 Å². The van der Waals surface area contributed by atoms with Crippen LogP contribution in [0.2, 0.25) is 9.36 Å². The molecule has 1 aliphatic rings. The van der Waals surface area contributed by atoms with E-state index in [-0.39, 0.29) is 11.8 Å². The van der Waals surface area contributed by atoms with Crippen molar-refractivity contribution in [2.75, 3.05) is 6.54 Å². The van der Waals surface area contributed by atoms with Gasteiger partial charge in [0.25, 0.3) is 5.91 Å². The van der Waals surface area contributed by atoms with E-state index in [4.69, 9.17) is 27.9 Å². The molecule has 158 valence electrons. The molecule has 3 rings (SSSR count). The first-order valence-corrected chi connectivity index (χ1v) is 10.9. The lowest BCUT2D eigenvalue weighted by molar-refractivity contribution is 0.0516. The summed E-state index contributed by atoms with van der Waals surface area (Å²) < 4.78 is 7.65. The Hall–Kier alpha value is -1.77. The Balaban J connectivity index is 1.57. The van der Waals surface area contributed by atoms with Crippen LogP contribution in [0.4, 0.5) is 4.79 Å². The topological polar surface area (TPSA) is 85.2 Å². The molecule has 0 radical (unpaired) electrons. The molecular weight excluding hydrogens is 435 g/mol. The van der Waals surface area contributed by atoms with Gasteiger partial charge in [0.15, 0.2) is 0 Å². The van der Waals surface area contributed by atoms with Crippen LogP contribution in [0.25, 0.3) is 0 Å². The van der Waals surface area contributed by atoms with Gasteiger partial charge in [0, 0.05) is 18.0 Å². The number of nitrogens with zero attached hydrogens (tertiary/aromatic N) is 2. The first kappa shape index (κ1) is 21.9. The van der Waals surface area contributed by atoms with E-state index in [2.05, 4.69) is 15.7 Å². The Morgan fingerprint density at radius 2 is 2.10 bits per heavy atom. The molecule has 3 heterocycles. The van der Waals surface area contributed by atoms with E-state index < -0.39 is 11.7 Å². The van der Waals surface area contributed by atoms with Crippen LogP contribution < -0.4 is 10.6 Å². The minimum atomic E-state index is -0.530. The van der Waals surface area contributed by atoms with Crippen LogP contribution in [-0.4, -0.2) is 33.9 Å². The summed E-state index contributed by atoms with van der Waals surface area (Å²) in [5.74, 6) is 0.0285. The summed E-state index contributed by atoms with van der Waals surface area (Å²) in [6.45, 7) is 7.04. The first-order chi connectivity index (χ1) is 13.6. The third kappa shape index (κ3) is 5.87. The number of halogens is 2. The number of aromatic nitrogens is 2. The minimum absolute atomic E-state index is 0.187. The summed E-state index contributed by atoms with van der Waals surface area (Å²) in [7, 11) is 0. The quantitative estimate of drug-likeness (QED) is 0.700. The molecule has 2 aromatic rings. The van der Waals surface area contributed by atoms with Crippen LogP contribution in [0.5, 0.6) is 0 Å². The number of amides is 2. The number of alkyl carbamates (subject to hydrolysis) is 1. The van der Waals surface area contributed by atoms with Gasteiger partial charge in [-0.3, -0.25) is 9.48 Å². The van der Waals surface area contributed by atoms with Gasteiger partial charge in [0.2, 0.25) is 0 Å². The van der Waals surface area contributed by atoms with Crippen LogP contribution >= 0.6 is 34.5 Å². The predicted molar refractivity (Wildman–Crippen MR) is 114 cm³/mol. The fourth-order valence-corrected chi connectivity index (χ4v) is 4.52.